The molecule has 3 rings (SSSR count). The van der Waals surface area contributed by atoms with E-state index < -0.39 is 16.4 Å². The average molecular weight is 371 g/mol. The highest BCUT2D eigenvalue weighted by atomic mass is 32.2. The number of phenolic OH excluding ortho intramolecular Hbond substituents is 1. The number of aliphatic imine (C=N–C) groups is 1. The fourth-order valence-corrected chi connectivity index (χ4v) is 3.02. The fraction of sp³-hybridized carbons (Fsp3) is 0.0588. The highest BCUT2D eigenvalue weighted by Gasteiger charge is 2.24. The number of nitrogens with one attached hydrogen (secondary N) is 1. The van der Waals surface area contributed by atoms with E-state index in [9.17, 15) is 20.0 Å². The van der Waals surface area contributed by atoms with E-state index in [1.165, 1.54) is 24.3 Å². The third-order valence-corrected chi connectivity index (χ3v) is 4.36. The molecule has 1 heterocycles. The van der Waals surface area contributed by atoms with Gasteiger partial charge in [0.15, 0.2) is 10.9 Å². The predicted octanol–water partition coefficient (Wildman–Crippen LogP) is 3.20. The van der Waals surface area contributed by atoms with E-state index in [4.69, 9.17) is 4.74 Å². The first-order valence-electron chi connectivity index (χ1n) is 7.37. The number of amides is 1. The number of hydrogen-bond acceptors (Lipinski definition) is 7. The molecule has 9 heteroatoms. The number of carbonyl (C=O) groups is 1. The van der Waals surface area contributed by atoms with Gasteiger partial charge in [-0.2, -0.15) is 0 Å². The molecule has 0 saturated carbocycles. The summed E-state index contributed by atoms with van der Waals surface area (Å²) in [7, 11) is 1.57. The van der Waals surface area contributed by atoms with Crippen LogP contribution in [-0.4, -0.2) is 28.2 Å². The number of nitro groups is 1. The van der Waals surface area contributed by atoms with Gasteiger partial charge in [-0.3, -0.25) is 14.9 Å². The maximum atomic E-state index is 12.1. The van der Waals surface area contributed by atoms with E-state index in [1.807, 2.05) is 0 Å². The van der Waals surface area contributed by atoms with Crippen LogP contribution in [0.25, 0.3) is 6.08 Å². The Balaban J connectivity index is 1.83. The summed E-state index contributed by atoms with van der Waals surface area (Å²) >= 11 is 1.12. The Morgan fingerprint density at radius 2 is 2.00 bits per heavy atom. The van der Waals surface area contributed by atoms with Gasteiger partial charge in [-0.15, -0.1) is 0 Å². The number of thioether (sulfide) groups is 1. The molecule has 0 spiro atoms. The van der Waals surface area contributed by atoms with Crippen molar-refractivity contribution in [2.45, 2.75) is 0 Å². The molecule has 0 atom stereocenters. The van der Waals surface area contributed by atoms with E-state index >= 15 is 0 Å². The first-order chi connectivity index (χ1) is 12.5. The summed E-state index contributed by atoms with van der Waals surface area (Å²) in [5.74, 6) is -0.0769. The number of amidine groups is 1. The minimum atomic E-state index is -0.685. The van der Waals surface area contributed by atoms with Crippen LogP contribution in [0.15, 0.2) is 52.4 Å². The molecular weight excluding hydrogens is 358 g/mol. The molecule has 1 aliphatic heterocycles. The van der Waals surface area contributed by atoms with Gasteiger partial charge in [0.25, 0.3) is 5.91 Å². The second-order valence-corrected chi connectivity index (χ2v) is 6.22. The van der Waals surface area contributed by atoms with Crippen LogP contribution in [0.3, 0.4) is 0 Å². The summed E-state index contributed by atoms with van der Waals surface area (Å²) in [5.41, 5.74) is 0.655. The van der Waals surface area contributed by atoms with Crippen LogP contribution in [0.5, 0.6) is 11.5 Å². The van der Waals surface area contributed by atoms with Gasteiger partial charge >= 0.3 is 5.69 Å². The van der Waals surface area contributed by atoms with Crippen molar-refractivity contribution < 1.29 is 19.6 Å². The summed E-state index contributed by atoms with van der Waals surface area (Å²) in [5, 5.41) is 23.4. The number of nitrogens with zero attached hydrogens (tertiary/aromatic N) is 2. The number of carbonyl (C=O) groups excluding carboxylic acids is 1. The number of benzene rings is 2. The summed E-state index contributed by atoms with van der Waals surface area (Å²) in [4.78, 5) is 27.0. The lowest BCUT2D eigenvalue weighted by Crippen LogP contribution is -2.19. The monoisotopic (exact) mass is 371 g/mol. The van der Waals surface area contributed by atoms with Crippen molar-refractivity contribution in [1.29, 1.82) is 0 Å². The second kappa shape index (κ2) is 7.28. The van der Waals surface area contributed by atoms with E-state index in [0.717, 1.165) is 11.8 Å². The zero-order valence-corrected chi connectivity index (χ0v) is 14.3. The quantitative estimate of drug-likeness (QED) is 0.485. The lowest BCUT2D eigenvalue weighted by molar-refractivity contribution is -0.385. The molecule has 0 bridgehead atoms. The number of hydrogen-bond donors (Lipinski definition) is 2. The molecule has 1 saturated heterocycles. The molecule has 2 aromatic rings. The zero-order chi connectivity index (χ0) is 18.7. The van der Waals surface area contributed by atoms with Crippen LogP contribution in [0.1, 0.15) is 5.56 Å². The molecule has 1 amide bonds. The summed E-state index contributed by atoms with van der Waals surface area (Å²) in [6.45, 7) is 0. The number of methoxy groups -OCH3 is 1. The van der Waals surface area contributed by atoms with Gasteiger partial charge in [0.05, 0.1) is 22.6 Å². The fourth-order valence-electron chi connectivity index (χ4n) is 2.18. The molecule has 0 unspecified atom stereocenters. The smallest absolute Gasteiger partial charge is 0.311 e. The summed E-state index contributed by atoms with van der Waals surface area (Å²) in [6.07, 6.45) is 1.50. The minimum Gasteiger partial charge on any atom is -0.502 e. The zero-order valence-electron chi connectivity index (χ0n) is 13.5. The van der Waals surface area contributed by atoms with E-state index in [2.05, 4.69) is 10.3 Å². The molecule has 1 aliphatic rings. The molecule has 0 aromatic heterocycles. The third-order valence-electron chi connectivity index (χ3n) is 3.45. The molecular formula is C17H13N3O5S. The standard InChI is InChI=1S/C17H13N3O5S/c1-25-12-5-3-11(4-6-12)18-17-19-16(22)15(26-17)9-10-2-7-14(21)13(8-10)20(23)24/h2-9,21H,1H3,(H,18,19,22)/b15-9-. The van der Waals surface area contributed by atoms with Gasteiger partial charge in [-0.25, -0.2) is 4.99 Å². The van der Waals surface area contributed by atoms with E-state index in [-0.39, 0.29) is 5.91 Å². The number of nitro benzene ring substituents is 1. The molecule has 0 radical (unpaired) electrons. The first kappa shape index (κ1) is 17.5. The average Bonchev–Trinajstić information content (AvgIpc) is 2.96. The van der Waals surface area contributed by atoms with Gasteiger partial charge in [0.1, 0.15) is 5.75 Å². The van der Waals surface area contributed by atoms with Gasteiger partial charge in [-0.1, -0.05) is 6.07 Å². The number of phenols is 1. The Hall–Kier alpha value is -3.33. The number of rotatable bonds is 4. The highest BCUT2D eigenvalue weighted by Crippen LogP contribution is 2.31. The summed E-state index contributed by atoms with van der Waals surface area (Å²) in [6, 6.07) is 10.9. The number of ether oxygens (including phenoxy) is 1. The van der Waals surface area contributed by atoms with Crippen molar-refractivity contribution in [3.8, 4) is 11.5 Å². The van der Waals surface area contributed by atoms with Crippen LogP contribution >= 0.6 is 11.8 Å². The van der Waals surface area contributed by atoms with Crippen LogP contribution in [0.2, 0.25) is 0 Å². The topological polar surface area (TPSA) is 114 Å². The van der Waals surface area contributed by atoms with E-state index in [0.29, 0.717) is 27.1 Å². The van der Waals surface area contributed by atoms with Crippen LogP contribution < -0.4 is 10.1 Å². The van der Waals surface area contributed by atoms with Crippen LogP contribution in [-0.2, 0) is 4.79 Å². The molecule has 1 fully saturated rings. The van der Waals surface area contributed by atoms with Gasteiger partial charge in [0, 0.05) is 6.07 Å². The Bertz CT molecular complexity index is 938. The van der Waals surface area contributed by atoms with Crippen molar-refractivity contribution >= 4 is 40.3 Å². The van der Waals surface area contributed by atoms with Crippen molar-refractivity contribution in [3.05, 3.63) is 63.0 Å². The van der Waals surface area contributed by atoms with Crippen LogP contribution in [0, 0.1) is 10.1 Å². The van der Waals surface area contributed by atoms with E-state index in [1.54, 1.807) is 31.4 Å². The predicted molar refractivity (Wildman–Crippen MR) is 98.6 cm³/mol. The lowest BCUT2D eigenvalue weighted by Gasteiger charge is -2.00. The summed E-state index contributed by atoms with van der Waals surface area (Å²) < 4.78 is 5.08. The van der Waals surface area contributed by atoms with Crippen molar-refractivity contribution in [2.24, 2.45) is 4.99 Å². The van der Waals surface area contributed by atoms with Gasteiger partial charge < -0.3 is 15.2 Å². The maximum absolute atomic E-state index is 12.1. The molecule has 2 N–H and O–H groups in total. The molecule has 26 heavy (non-hydrogen) atoms. The SMILES string of the molecule is COc1ccc(N=C2NC(=O)/C(=C/c3ccc(O)c([N+](=O)[O-])c3)S2)cc1. The Labute approximate surface area is 152 Å². The molecule has 0 aliphatic carbocycles. The highest BCUT2D eigenvalue weighted by molar-refractivity contribution is 8.18. The normalized spacial score (nSPS) is 16.7. The first-order valence-corrected chi connectivity index (χ1v) is 8.19. The van der Waals surface area contributed by atoms with Crippen molar-refractivity contribution in [1.82, 2.24) is 5.32 Å². The minimum absolute atomic E-state index is 0.345. The van der Waals surface area contributed by atoms with Crippen molar-refractivity contribution in [2.75, 3.05) is 7.11 Å². The van der Waals surface area contributed by atoms with Crippen molar-refractivity contribution in [3.63, 3.8) is 0 Å². The maximum Gasteiger partial charge on any atom is 0.311 e. The Morgan fingerprint density at radius 1 is 1.27 bits per heavy atom. The molecule has 132 valence electrons. The van der Waals surface area contributed by atoms with Gasteiger partial charge in [-0.05, 0) is 53.7 Å². The molecule has 8 nitrogen and oxygen atoms in total. The van der Waals surface area contributed by atoms with Crippen LogP contribution in [0.4, 0.5) is 11.4 Å². The Kier molecular flexibility index (Phi) is 4.90. The number of aromatic hydroxyl groups is 1. The third kappa shape index (κ3) is 3.83. The largest absolute Gasteiger partial charge is 0.502 e. The molecule has 2 aromatic carbocycles. The second-order valence-electron chi connectivity index (χ2n) is 5.19. The van der Waals surface area contributed by atoms with Gasteiger partial charge in [0.2, 0.25) is 0 Å². The lowest BCUT2D eigenvalue weighted by atomic mass is 10.1. The Morgan fingerprint density at radius 3 is 2.65 bits per heavy atom.